The van der Waals surface area contributed by atoms with Crippen molar-refractivity contribution in [2.45, 2.75) is 13.8 Å². The molecule has 0 aliphatic rings. The lowest BCUT2D eigenvalue weighted by molar-refractivity contribution is -0.384. The normalized spacial score (nSPS) is 10.2. The van der Waals surface area contributed by atoms with E-state index in [1.165, 1.54) is 18.2 Å². The molecule has 0 unspecified atom stereocenters. The first-order valence-corrected chi connectivity index (χ1v) is 4.90. The Morgan fingerprint density at radius 3 is 2.75 bits per heavy atom. The number of hydrogen-bond acceptors (Lipinski definition) is 4. The molecule has 0 saturated heterocycles. The molecular formula is C11H13NO4. The number of hydrogen-bond donors (Lipinski definition) is 0. The van der Waals surface area contributed by atoms with E-state index in [1.807, 2.05) is 0 Å². The lowest BCUT2D eigenvalue weighted by atomic mass is 10.1. The van der Waals surface area contributed by atoms with Crippen molar-refractivity contribution in [1.82, 2.24) is 0 Å². The lowest BCUT2D eigenvalue weighted by Crippen LogP contribution is -2.16. The van der Waals surface area contributed by atoms with Gasteiger partial charge in [0.25, 0.3) is 5.69 Å². The Kier molecular flexibility index (Phi) is 3.99. The van der Waals surface area contributed by atoms with Crippen molar-refractivity contribution >= 4 is 11.5 Å². The first-order valence-electron chi connectivity index (χ1n) is 4.90. The van der Waals surface area contributed by atoms with E-state index < -0.39 is 4.92 Å². The second-order valence-electron chi connectivity index (χ2n) is 3.66. The summed E-state index contributed by atoms with van der Waals surface area (Å²) in [6.45, 7) is 3.50. The Morgan fingerprint density at radius 1 is 1.50 bits per heavy atom. The van der Waals surface area contributed by atoms with Crippen LogP contribution in [0.5, 0.6) is 5.75 Å². The first-order chi connectivity index (χ1) is 7.50. The third-order valence-corrected chi connectivity index (χ3v) is 2.05. The molecule has 0 spiro atoms. The first kappa shape index (κ1) is 12.2. The number of ketones is 1. The summed E-state index contributed by atoms with van der Waals surface area (Å²) in [5, 5.41) is 10.5. The quantitative estimate of drug-likeness (QED) is 0.566. The van der Waals surface area contributed by atoms with Crippen LogP contribution in [-0.2, 0) is 4.79 Å². The number of carbonyl (C=O) groups is 1. The molecule has 0 saturated carbocycles. The fourth-order valence-electron chi connectivity index (χ4n) is 1.01. The molecule has 0 aliphatic heterocycles. The second-order valence-corrected chi connectivity index (χ2v) is 3.66. The van der Waals surface area contributed by atoms with E-state index in [9.17, 15) is 14.9 Å². The van der Waals surface area contributed by atoms with E-state index in [0.717, 1.165) is 0 Å². The minimum Gasteiger partial charge on any atom is -0.486 e. The molecule has 0 heterocycles. The average Bonchev–Trinajstić information content (AvgIpc) is 2.26. The largest absolute Gasteiger partial charge is 0.486 e. The van der Waals surface area contributed by atoms with E-state index in [4.69, 9.17) is 4.74 Å². The van der Waals surface area contributed by atoms with Crippen molar-refractivity contribution in [3.05, 3.63) is 34.4 Å². The van der Waals surface area contributed by atoms with Gasteiger partial charge in [-0.3, -0.25) is 14.9 Å². The van der Waals surface area contributed by atoms with Gasteiger partial charge in [0, 0.05) is 12.0 Å². The van der Waals surface area contributed by atoms with Crippen molar-refractivity contribution in [3.8, 4) is 5.75 Å². The molecule has 5 heteroatoms. The van der Waals surface area contributed by atoms with Crippen LogP contribution in [0, 0.1) is 16.0 Å². The van der Waals surface area contributed by atoms with Gasteiger partial charge >= 0.3 is 0 Å². The zero-order valence-electron chi connectivity index (χ0n) is 9.17. The minimum atomic E-state index is -0.503. The minimum absolute atomic E-state index is 0.0356. The number of benzene rings is 1. The fraction of sp³-hybridized carbons (Fsp3) is 0.364. The van der Waals surface area contributed by atoms with Gasteiger partial charge in [-0.2, -0.15) is 0 Å². The smallest absolute Gasteiger partial charge is 0.273 e. The summed E-state index contributed by atoms with van der Waals surface area (Å²) in [6.07, 6.45) is 0. The standard InChI is InChI=1S/C11H13NO4/c1-8(2)11(13)7-16-10-5-3-4-9(6-10)12(14)15/h3-6,8H,7H2,1-2H3. The number of carbonyl (C=O) groups excluding carboxylic acids is 1. The summed E-state index contributed by atoms with van der Waals surface area (Å²) in [6, 6.07) is 5.78. The van der Waals surface area contributed by atoms with Crippen molar-refractivity contribution in [3.63, 3.8) is 0 Å². The third-order valence-electron chi connectivity index (χ3n) is 2.05. The summed E-state index contributed by atoms with van der Waals surface area (Å²) >= 11 is 0. The van der Waals surface area contributed by atoms with Gasteiger partial charge in [0.1, 0.15) is 12.4 Å². The van der Waals surface area contributed by atoms with Crippen LogP contribution in [0.3, 0.4) is 0 Å². The predicted octanol–water partition coefficient (Wildman–Crippen LogP) is 2.20. The highest BCUT2D eigenvalue weighted by Gasteiger charge is 2.10. The Balaban J connectivity index is 2.64. The molecule has 0 N–H and O–H groups in total. The van der Waals surface area contributed by atoms with Gasteiger partial charge in [-0.1, -0.05) is 19.9 Å². The Morgan fingerprint density at radius 2 is 2.19 bits per heavy atom. The van der Waals surface area contributed by atoms with E-state index >= 15 is 0 Å². The number of ether oxygens (including phenoxy) is 1. The van der Waals surface area contributed by atoms with Gasteiger partial charge in [0.15, 0.2) is 5.78 Å². The summed E-state index contributed by atoms with van der Waals surface area (Å²) in [5.74, 6) is 0.202. The molecule has 5 nitrogen and oxygen atoms in total. The zero-order chi connectivity index (χ0) is 12.1. The van der Waals surface area contributed by atoms with E-state index in [1.54, 1.807) is 19.9 Å². The topological polar surface area (TPSA) is 69.4 Å². The number of nitrogens with zero attached hydrogens (tertiary/aromatic N) is 1. The van der Waals surface area contributed by atoms with E-state index in [0.29, 0.717) is 5.75 Å². The highest BCUT2D eigenvalue weighted by atomic mass is 16.6. The molecule has 0 amide bonds. The second kappa shape index (κ2) is 5.25. The molecule has 0 radical (unpaired) electrons. The molecule has 1 rings (SSSR count). The zero-order valence-corrected chi connectivity index (χ0v) is 9.17. The molecule has 1 aromatic rings. The molecule has 0 aromatic heterocycles. The van der Waals surface area contributed by atoms with Crippen molar-refractivity contribution in [2.24, 2.45) is 5.92 Å². The summed E-state index contributed by atoms with van der Waals surface area (Å²) in [7, 11) is 0. The van der Waals surface area contributed by atoms with Gasteiger partial charge < -0.3 is 4.74 Å². The molecule has 0 fully saturated rings. The maximum atomic E-state index is 11.3. The monoisotopic (exact) mass is 223 g/mol. The number of non-ortho nitro benzene ring substituents is 1. The van der Waals surface area contributed by atoms with Crippen molar-refractivity contribution in [1.29, 1.82) is 0 Å². The van der Waals surface area contributed by atoms with Crippen LogP contribution >= 0.6 is 0 Å². The van der Waals surface area contributed by atoms with Gasteiger partial charge in [-0.15, -0.1) is 0 Å². The third kappa shape index (κ3) is 3.34. The molecule has 0 atom stereocenters. The Hall–Kier alpha value is -1.91. The van der Waals surface area contributed by atoms with Crippen LogP contribution < -0.4 is 4.74 Å². The molecule has 1 aromatic carbocycles. The summed E-state index contributed by atoms with van der Waals surface area (Å²) < 4.78 is 5.17. The molecule has 0 aliphatic carbocycles. The lowest BCUT2D eigenvalue weighted by Gasteiger charge is -2.06. The maximum absolute atomic E-state index is 11.3. The Bertz CT molecular complexity index is 401. The molecule has 86 valence electrons. The van der Waals surface area contributed by atoms with E-state index in [2.05, 4.69) is 0 Å². The van der Waals surface area contributed by atoms with Gasteiger partial charge in [-0.05, 0) is 6.07 Å². The van der Waals surface area contributed by atoms with Crippen LogP contribution in [0.2, 0.25) is 0 Å². The van der Waals surface area contributed by atoms with Gasteiger partial charge in [0.05, 0.1) is 11.0 Å². The van der Waals surface area contributed by atoms with Crippen molar-refractivity contribution in [2.75, 3.05) is 6.61 Å². The summed E-state index contributed by atoms with van der Waals surface area (Å²) in [5.41, 5.74) is -0.0468. The maximum Gasteiger partial charge on any atom is 0.273 e. The van der Waals surface area contributed by atoms with Gasteiger partial charge in [0.2, 0.25) is 0 Å². The van der Waals surface area contributed by atoms with E-state index in [-0.39, 0.29) is 24.0 Å². The molecular weight excluding hydrogens is 210 g/mol. The van der Waals surface area contributed by atoms with Crippen LogP contribution in [0.4, 0.5) is 5.69 Å². The van der Waals surface area contributed by atoms with Crippen molar-refractivity contribution < 1.29 is 14.5 Å². The van der Waals surface area contributed by atoms with Crippen LogP contribution in [0.25, 0.3) is 0 Å². The number of Topliss-reactive ketones (excluding diaryl/α,β-unsaturated/α-hetero) is 1. The SMILES string of the molecule is CC(C)C(=O)COc1cccc([N+](=O)[O-])c1. The summed E-state index contributed by atoms with van der Waals surface area (Å²) in [4.78, 5) is 21.3. The van der Waals surface area contributed by atoms with Crippen LogP contribution in [0.15, 0.2) is 24.3 Å². The van der Waals surface area contributed by atoms with Crippen LogP contribution in [-0.4, -0.2) is 17.3 Å². The highest BCUT2D eigenvalue weighted by molar-refractivity contribution is 5.81. The number of nitro groups is 1. The average molecular weight is 223 g/mol. The highest BCUT2D eigenvalue weighted by Crippen LogP contribution is 2.19. The molecule has 16 heavy (non-hydrogen) atoms. The fourth-order valence-corrected chi connectivity index (χ4v) is 1.01. The number of rotatable bonds is 5. The predicted molar refractivity (Wildman–Crippen MR) is 58.4 cm³/mol. The van der Waals surface area contributed by atoms with Crippen LogP contribution in [0.1, 0.15) is 13.8 Å². The van der Waals surface area contributed by atoms with Gasteiger partial charge in [-0.25, -0.2) is 0 Å². The Labute approximate surface area is 93.2 Å². The number of nitro benzene ring substituents is 1. The molecule has 0 bridgehead atoms.